The molecule has 1 aromatic heterocycles. The summed E-state index contributed by atoms with van der Waals surface area (Å²) in [6.07, 6.45) is 1.75. The van der Waals surface area contributed by atoms with Crippen molar-refractivity contribution in [2.45, 2.75) is 6.42 Å². The Morgan fingerprint density at radius 2 is 1.84 bits per heavy atom. The lowest BCUT2D eigenvalue weighted by atomic mass is 10.2. The second-order valence-electron chi connectivity index (χ2n) is 5.87. The number of aliphatic carboxylic acids is 1. The summed E-state index contributed by atoms with van der Waals surface area (Å²) in [5.74, 6) is -0.792. The zero-order valence-electron chi connectivity index (χ0n) is 13.6. The maximum atomic E-state index is 12.5. The fourth-order valence-electron chi connectivity index (χ4n) is 2.86. The number of carboxylic acid groups (broad SMARTS) is 1. The van der Waals surface area contributed by atoms with Crippen LogP contribution in [0.3, 0.4) is 0 Å². The lowest BCUT2D eigenvalue weighted by Crippen LogP contribution is -2.47. The number of hydrogen-bond donors (Lipinski definition) is 1. The minimum atomic E-state index is -0.792. The zero-order valence-corrected chi connectivity index (χ0v) is 14.4. The molecule has 1 fully saturated rings. The molecule has 0 spiro atoms. The van der Waals surface area contributed by atoms with Crippen LogP contribution in [0.15, 0.2) is 41.3 Å². The van der Waals surface area contributed by atoms with E-state index in [0.717, 1.165) is 13.1 Å². The highest BCUT2D eigenvalue weighted by molar-refractivity contribution is 6.33. The molecule has 1 aliphatic heterocycles. The number of halogens is 1. The summed E-state index contributed by atoms with van der Waals surface area (Å²) in [6.45, 7) is 3.34. The van der Waals surface area contributed by atoms with Crippen LogP contribution >= 0.6 is 11.6 Å². The monoisotopic (exact) mass is 362 g/mol. The summed E-state index contributed by atoms with van der Waals surface area (Å²) in [5, 5.41) is 13.2. The highest BCUT2D eigenvalue weighted by Gasteiger charge is 2.21. The fraction of sp³-hybridized carbons (Fsp3) is 0.353. The van der Waals surface area contributed by atoms with Crippen LogP contribution in [-0.4, -0.2) is 58.5 Å². The molecule has 0 bridgehead atoms. The molecule has 0 unspecified atom stereocenters. The van der Waals surface area contributed by atoms with Gasteiger partial charge < -0.3 is 10.0 Å². The fourth-order valence-corrected chi connectivity index (χ4v) is 3.11. The van der Waals surface area contributed by atoms with Crippen LogP contribution in [-0.2, 0) is 4.79 Å². The Morgan fingerprint density at radius 3 is 2.48 bits per heavy atom. The van der Waals surface area contributed by atoms with E-state index < -0.39 is 5.97 Å². The Labute approximate surface area is 150 Å². The third-order valence-electron chi connectivity index (χ3n) is 4.26. The Hall–Kier alpha value is -2.38. The average molecular weight is 363 g/mol. The van der Waals surface area contributed by atoms with E-state index in [9.17, 15) is 9.59 Å². The smallest absolute Gasteiger partial charge is 0.304 e. The molecule has 0 atom stereocenters. The molecule has 2 aromatic rings. The van der Waals surface area contributed by atoms with E-state index in [2.05, 4.69) is 10.00 Å². The molecule has 1 N–H and O–H groups in total. The summed E-state index contributed by atoms with van der Waals surface area (Å²) in [4.78, 5) is 27.3. The van der Waals surface area contributed by atoms with Crippen molar-refractivity contribution in [3.63, 3.8) is 0 Å². The predicted molar refractivity (Wildman–Crippen MR) is 95.7 cm³/mol. The molecule has 0 radical (unpaired) electrons. The summed E-state index contributed by atoms with van der Waals surface area (Å²) in [5.41, 5.74) is 0.940. The van der Waals surface area contributed by atoms with Crippen LogP contribution in [0.2, 0.25) is 5.02 Å². The van der Waals surface area contributed by atoms with Crippen LogP contribution in [0.25, 0.3) is 5.69 Å². The van der Waals surface area contributed by atoms with Crippen LogP contribution in [0.4, 0.5) is 5.69 Å². The average Bonchev–Trinajstić information content (AvgIpc) is 2.63. The number of piperazine rings is 1. The van der Waals surface area contributed by atoms with E-state index in [0.29, 0.717) is 31.0 Å². The van der Waals surface area contributed by atoms with E-state index in [1.165, 1.54) is 4.68 Å². The Kier molecular flexibility index (Phi) is 5.35. The summed E-state index contributed by atoms with van der Waals surface area (Å²) < 4.78 is 1.29. The van der Waals surface area contributed by atoms with Crippen molar-refractivity contribution in [1.29, 1.82) is 0 Å². The van der Waals surface area contributed by atoms with Crippen molar-refractivity contribution in [3.05, 3.63) is 51.9 Å². The van der Waals surface area contributed by atoms with Gasteiger partial charge in [-0.2, -0.15) is 9.78 Å². The van der Waals surface area contributed by atoms with Gasteiger partial charge in [-0.3, -0.25) is 14.5 Å². The van der Waals surface area contributed by atoms with Gasteiger partial charge in [-0.25, -0.2) is 0 Å². The molecule has 0 amide bonds. The molecule has 0 saturated carbocycles. The standard InChI is InChI=1S/C17H19ClN4O3/c18-16-14(21-10-8-20(9-11-21)7-6-15(23)24)12-19-22(17(16)25)13-4-2-1-3-5-13/h1-5,12H,6-11H2,(H,23,24). The van der Waals surface area contributed by atoms with Crippen LogP contribution in [0, 0.1) is 0 Å². The third-order valence-corrected chi connectivity index (χ3v) is 4.61. The first-order chi connectivity index (χ1) is 12.1. The maximum absolute atomic E-state index is 12.5. The lowest BCUT2D eigenvalue weighted by molar-refractivity contribution is -0.137. The molecule has 8 heteroatoms. The van der Waals surface area contributed by atoms with Crippen LogP contribution in [0.1, 0.15) is 6.42 Å². The van der Waals surface area contributed by atoms with E-state index in [1.54, 1.807) is 18.3 Å². The highest BCUT2D eigenvalue weighted by Crippen LogP contribution is 2.23. The van der Waals surface area contributed by atoms with E-state index in [-0.39, 0.29) is 17.0 Å². The van der Waals surface area contributed by atoms with Gasteiger partial charge in [0.1, 0.15) is 5.02 Å². The number of carboxylic acids is 1. The third kappa shape index (κ3) is 4.00. The normalized spacial score (nSPS) is 15.3. The van der Waals surface area contributed by atoms with E-state index in [4.69, 9.17) is 16.7 Å². The summed E-state index contributed by atoms with van der Waals surface area (Å²) >= 11 is 6.31. The summed E-state index contributed by atoms with van der Waals surface area (Å²) in [7, 11) is 0. The molecule has 25 heavy (non-hydrogen) atoms. The van der Waals surface area contributed by atoms with Gasteiger partial charge in [0, 0.05) is 32.7 Å². The highest BCUT2D eigenvalue weighted by atomic mass is 35.5. The van der Waals surface area contributed by atoms with Crippen molar-refractivity contribution < 1.29 is 9.90 Å². The summed E-state index contributed by atoms with van der Waals surface area (Å²) in [6, 6.07) is 9.13. The Bertz CT molecular complexity index is 801. The van der Waals surface area contributed by atoms with E-state index >= 15 is 0 Å². The molecule has 2 heterocycles. The molecular formula is C17H19ClN4O3. The quantitative estimate of drug-likeness (QED) is 0.868. The van der Waals surface area contributed by atoms with Crippen molar-refractivity contribution in [2.75, 3.05) is 37.6 Å². The Morgan fingerprint density at radius 1 is 1.16 bits per heavy atom. The largest absolute Gasteiger partial charge is 0.481 e. The van der Waals surface area contributed by atoms with Crippen molar-refractivity contribution >= 4 is 23.3 Å². The van der Waals surface area contributed by atoms with Gasteiger partial charge in [-0.05, 0) is 12.1 Å². The number of benzene rings is 1. The van der Waals surface area contributed by atoms with Gasteiger partial charge in [0.25, 0.3) is 5.56 Å². The van der Waals surface area contributed by atoms with Crippen molar-refractivity contribution in [3.8, 4) is 5.69 Å². The maximum Gasteiger partial charge on any atom is 0.304 e. The Balaban J connectivity index is 1.73. The van der Waals surface area contributed by atoms with Gasteiger partial charge >= 0.3 is 5.97 Å². The van der Waals surface area contributed by atoms with Gasteiger partial charge in [-0.15, -0.1) is 0 Å². The predicted octanol–water partition coefficient (Wildman–Crippen LogP) is 1.48. The van der Waals surface area contributed by atoms with E-state index in [1.807, 2.05) is 23.1 Å². The molecule has 3 rings (SSSR count). The molecule has 0 aliphatic carbocycles. The topological polar surface area (TPSA) is 78.7 Å². The number of anilines is 1. The van der Waals surface area contributed by atoms with Gasteiger partial charge in [0.05, 0.1) is 24.0 Å². The van der Waals surface area contributed by atoms with Crippen LogP contribution in [0.5, 0.6) is 0 Å². The second-order valence-corrected chi connectivity index (χ2v) is 6.25. The SMILES string of the molecule is O=C(O)CCN1CCN(c2cnn(-c3ccccc3)c(=O)c2Cl)CC1. The zero-order chi connectivity index (χ0) is 17.8. The lowest BCUT2D eigenvalue weighted by Gasteiger charge is -2.35. The number of hydrogen-bond acceptors (Lipinski definition) is 5. The molecule has 1 saturated heterocycles. The van der Waals surface area contributed by atoms with Gasteiger partial charge in [-0.1, -0.05) is 29.8 Å². The first-order valence-corrected chi connectivity index (χ1v) is 8.46. The van der Waals surface area contributed by atoms with Crippen molar-refractivity contribution in [2.24, 2.45) is 0 Å². The van der Waals surface area contributed by atoms with Gasteiger partial charge in [0.15, 0.2) is 0 Å². The molecule has 1 aliphatic rings. The van der Waals surface area contributed by atoms with Crippen LogP contribution < -0.4 is 10.5 Å². The molecule has 1 aromatic carbocycles. The molecule has 7 nitrogen and oxygen atoms in total. The minimum Gasteiger partial charge on any atom is -0.481 e. The second kappa shape index (κ2) is 7.67. The number of carbonyl (C=O) groups is 1. The molecule has 132 valence electrons. The first-order valence-electron chi connectivity index (χ1n) is 8.08. The first kappa shape index (κ1) is 17.4. The van der Waals surface area contributed by atoms with Crippen molar-refractivity contribution in [1.82, 2.24) is 14.7 Å². The van der Waals surface area contributed by atoms with Gasteiger partial charge in [0.2, 0.25) is 0 Å². The number of aromatic nitrogens is 2. The molecular weight excluding hydrogens is 344 g/mol. The number of rotatable bonds is 5. The number of para-hydroxylation sites is 1. The number of nitrogens with zero attached hydrogens (tertiary/aromatic N) is 4. The minimum absolute atomic E-state index is 0.134.